The van der Waals surface area contributed by atoms with Gasteiger partial charge in [-0.3, -0.25) is 9.59 Å². The van der Waals surface area contributed by atoms with Crippen LogP contribution in [-0.2, 0) is 14.3 Å². The maximum absolute atomic E-state index is 12.5. The van der Waals surface area contributed by atoms with E-state index < -0.39 is 12.1 Å². The van der Waals surface area contributed by atoms with Gasteiger partial charge in [0, 0.05) is 12.8 Å². The van der Waals surface area contributed by atoms with Gasteiger partial charge in [-0.2, -0.15) is 0 Å². The first-order valence-corrected chi connectivity index (χ1v) is 37.3. The Kier molecular flexibility index (Phi) is 69.3. The summed E-state index contributed by atoms with van der Waals surface area (Å²) in [4.78, 5) is 24.6. The number of carbonyl (C=O) groups is 2. The topological polar surface area (TPSA) is 95.9 Å². The number of amides is 1. The van der Waals surface area contributed by atoms with E-state index in [1.165, 1.54) is 366 Å². The number of hydrogen-bond donors (Lipinski definition) is 3. The van der Waals surface area contributed by atoms with Gasteiger partial charge in [-0.25, -0.2) is 0 Å². The van der Waals surface area contributed by atoms with E-state index in [4.69, 9.17) is 4.74 Å². The summed E-state index contributed by atoms with van der Waals surface area (Å²) in [5, 5.41) is 23.3. The van der Waals surface area contributed by atoms with Crippen molar-refractivity contribution in [1.82, 2.24) is 5.32 Å². The van der Waals surface area contributed by atoms with Crippen LogP contribution >= 0.6 is 0 Å². The van der Waals surface area contributed by atoms with Crippen molar-refractivity contribution in [3.63, 3.8) is 0 Å². The van der Waals surface area contributed by atoms with Crippen molar-refractivity contribution in [1.29, 1.82) is 0 Å². The Labute approximate surface area is 502 Å². The fourth-order valence-corrected chi connectivity index (χ4v) is 12.2. The Balaban J connectivity index is 3.26. The fraction of sp³-hybridized carbons (Fsp3) is 0.973. The van der Waals surface area contributed by atoms with Crippen molar-refractivity contribution in [2.75, 3.05) is 13.2 Å². The van der Waals surface area contributed by atoms with Gasteiger partial charge < -0.3 is 20.3 Å². The zero-order valence-corrected chi connectivity index (χ0v) is 54.9. The van der Waals surface area contributed by atoms with Gasteiger partial charge in [0.1, 0.15) is 0 Å². The molecule has 0 heterocycles. The van der Waals surface area contributed by atoms with E-state index in [2.05, 4.69) is 19.2 Å². The lowest BCUT2D eigenvalue weighted by atomic mass is 10.0. The molecule has 2 unspecified atom stereocenters. The van der Waals surface area contributed by atoms with Gasteiger partial charge in [0.2, 0.25) is 5.91 Å². The van der Waals surface area contributed by atoms with Gasteiger partial charge in [-0.15, -0.1) is 0 Å². The van der Waals surface area contributed by atoms with Crippen molar-refractivity contribution in [2.24, 2.45) is 0 Å². The van der Waals surface area contributed by atoms with Gasteiger partial charge in [0.25, 0.3) is 0 Å². The lowest BCUT2D eigenvalue weighted by Crippen LogP contribution is -2.45. The highest BCUT2D eigenvalue weighted by Crippen LogP contribution is 2.20. The van der Waals surface area contributed by atoms with E-state index in [1.54, 1.807) is 0 Å². The molecule has 80 heavy (non-hydrogen) atoms. The molecular weight excluding hydrogens is 983 g/mol. The average Bonchev–Trinajstić information content (AvgIpc) is 3.46. The van der Waals surface area contributed by atoms with Crippen molar-refractivity contribution in [2.45, 2.75) is 450 Å². The number of aliphatic hydroxyl groups excluding tert-OH is 2. The molecule has 0 aliphatic carbocycles. The highest BCUT2D eigenvalue weighted by Gasteiger charge is 2.20. The van der Waals surface area contributed by atoms with Crippen LogP contribution in [0.2, 0.25) is 0 Å². The van der Waals surface area contributed by atoms with Crippen molar-refractivity contribution < 1.29 is 24.5 Å². The number of nitrogens with one attached hydrogen (secondary N) is 1. The van der Waals surface area contributed by atoms with Crippen LogP contribution in [-0.4, -0.2) is 47.4 Å². The molecule has 0 spiro atoms. The molecule has 478 valence electrons. The summed E-state index contributed by atoms with van der Waals surface area (Å²) in [6.45, 7) is 5.00. The van der Waals surface area contributed by atoms with Gasteiger partial charge in [0.15, 0.2) is 0 Å². The Morgan fingerprint density at radius 3 is 0.762 bits per heavy atom. The molecule has 6 heteroatoms. The summed E-state index contributed by atoms with van der Waals surface area (Å²) in [7, 11) is 0. The van der Waals surface area contributed by atoms with Crippen LogP contribution < -0.4 is 5.32 Å². The van der Waals surface area contributed by atoms with Crippen molar-refractivity contribution in [3.05, 3.63) is 0 Å². The summed E-state index contributed by atoms with van der Waals surface area (Å²) < 4.78 is 5.50. The molecule has 0 aromatic heterocycles. The highest BCUT2D eigenvalue weighted by atomic mass is 16.5. The third-order valence-corrected chi connectivity index (χ3v) is 17.9. The second-order valence-corrected chi connectivity index (χ2v) is 26.0. The molecule has 0 rings (SSSR count). The maximum atomic E-state index is 12.5. The third kappa shape index (κ3) is 66.0. The van der Waals surface area contributed by atoms with E-state index in [0.29, 0.717) is 25.9 Å². The number of rotatable bonds is 71. The first-order chi connectivity index (χ1) is 39.5. The van der Waals surface area contributed by atoms with Crippen molar-refractivity contribution >= 4 is 11.9 Å². The molecule has 3 N–H and O–H groups in total. The number of unbranched alkanes of at least 4 members (excludes halogenated alkanes) is 60. The maximum Gasteiger partial charge on any atom is 0.305 e. The van der Waals surface area contributed by atoms with E-state index in [9.17, 15) is 19.8 Å². The molecule has 0 radical (unpaired) electrons. The third-order valence-electron chi connectivity index (χ3n) is 17.9. The van der Waals surface area contributed by atoms with E-state index in [-0.39, 0.29) is 18.5 Å². The highest BCUT2D eigenvalue weighted by molar-refractivity contribution is 5.76. The standard InChI is InChI=1S/C74H147NO5/c1-3-5-7-9-11-13-15-17-44-48-52-56-60-64-68-74(79)80-69-65-61-57-53-49-45-42-40-38-36-34-32-30-28-26-24-22-20-18-19-21-23-25-27-29-31-33-35-37-39-41-43-47-51-55-59-63-67-73(78)75-71(70-76)72(77)66-62-58-54-50-46-16-14-12-10-8-6-4-2/h71-72,76-77H,3-70H2,1-2H3,(H,75,78). The molecule has 0 aromatic rings. The van der Waals surface area contributed by atoms with Crippen LogP contribution in [0.5, 0.6) is 0 Å². The number of carbonyl (C=O) groups excluding carboxylic acids is 2. The van der Waals surface area contributed by atoms with Gasteiger partial charge >= 0.3 is 5.97 Å². The SMILES string of the molecule is CCCCCCCCCCCCCCCCC(=O)OCCCCCCCCCCCCCCCCCCCCCCCCCCCCCCCCCCCCCCCC(=O)NC(CO)C(O)CCCCCCCCCCCCCC. The largest absolute Gasteiger partial charge is 0.466 e. The van der Waals surface area contributed by atoms with E-state index in [1.807, 2.05) is 0 Å². The molecule has 0 bridgehead atoms. The van der Waals surface area contributed by atoms with Crippen LogP contribution in [0.1, 0.15) is 438 Å². The van der Waals surface area contributed by atoms with Crippen LogP contribution in [0.3, 0.4) is 0 Å². The van der Waals surface area contributed by atoms with Crippen LogP contribution in [0.15, 0.2) is 0 Å². The summed E-state index contributed by atoms with van der Waals surface area (Å²) in [6.07, 6.45) is 86.2. The average molecular weight is 1130 g/mol. The summed E-state index contributed by atoms with van der Waals surface area (Å²) in [6, 6.07) is -0.535. The number of aliphatic hydroxyl groups is 2. The molecule has 0 saturated heterocycles. The first kappa shape index (κ1) is 78.9. The summed E-state index contributed by atoms with van der Waals surface area (Å²) in [5.74, 6) is 0.0000308. The van der Waals surface area contributed by atoms with Crippen molar-refractivity contribution in [3.8, 4) is 0 Å². The second-order valence-electron chi connectivity index (χ2n) is 26.0. The fourth-order valence-electron chi connectivity index (χ4n) is 12.2. The van der Waals surface area contributed by atoms with Gasteiger partial charge in [0.05, 0.1) is 25.4 Å². The lowest BCUT2D eigenvalue weighted by molar-refractivity contribution is -0.143. The predicted octanol–water partition coefficient (Wildman–Crippen LogP) is 24.2. The molecular formula is C74H147NO5. The second kappa shape index (κ2) is 70.3. The number of esters is 1. The molecule has 1 amide bonds. The lowest BCUT2D eigenvalue weighted by Gasteiger charge is -2.22. The molecule has 0 aliphatic heterocycles. The summed E-state index contributed by atoms with van der Waals surface area (Å²) >= 11 is 0. The summed E-state index contributed by atoms with van der Waals surface area (Å²) in [5.41, 5.74) is 0. The Bertz CT molecular complexity index is 1160. The Hall–Kier alpha value is -1.14. The monoisotopic (exact) mass is 1130 g/mol. The quantitative estimate of drug-likeness (QED) is 0.0417. The molecule has 0 saturated carbocycles. The molecule has 0 aromatic carbocycles. The minimum absolute atomic E-state index is 0.0267. The van der Waals surface area contributed by atoms with E-state index >= 15 is 0 Å². The molecule has 0 aliphatic rings. The minimum atomic E-state index is -0.658. The minimum Gasteiger partial charge on any atom is -0.466 e. The molecule has 6 nitrogen and oxygen atoms in total. The smallest absolute Gasteiger partial charge is 0.305 e. The van der Waals surface area contributed by atoms with E-state index in [0.717, 1.165) is 38.5 Å². The molecule has 2 atom stereocenters. The number of hydrogen-bond acceptors (Lipinski definition) is 5. The first-order valence-electron chi connectivity index (χ1n) is 37.3. The zero-order valence-electron chi connectivity index (χ0n) is 54.9. The molecule has 0 fully saturated rings. The Morgan fingerprint density at radius 2 is 0.512 bits per heavy atom. The van der Waals surface area contributed by atoms with Crippen LogP contribution in [0.4, 0.5) is 0 Å². The van der Waals surface area contributed by atoms with Gasteiger partial charge in [-0.1, -0.05) is 399 Å². The van der Waals surface area contributed by atoms with Crippen LogP contribution in [0.25, 0.3) is 0 Å². The van der Waals surface area contributed by atoms with Crippen LogP contribution in [0, 0.1) is 0 Å². The zero-order chi connectivity index (χ0) is 57.8. The predicted molar refractivity (Wildman–Crippen MR) is 352 cm³/mol. The number of ether oxygens (including phenoxy) is 1. The Morgan fingerprint density at radius 1 is 0.300 bits per heavy atom. The normalized spacial score (nSPS) is 12.4. The van der Waals surface area contributed by atoms with Gasteiger partial charge in [-0.05, 0) is 25.7 Å².